The number of allylic oxidation sites excluding steroid dienone is 1. The first-order valence-electron chi connectivity index (χ1n) is 8.06. The van der Waals surface area contributed by atoms with E-state index in [1.54, 1.807) is 18.3 Å². The van der Waals surface area contributed by atoms with Gasteiger partial charge in [-0.1, -0.05) is 66.7 Å². The maximum Gasteiger partial charge on any atom is 0.187 e. The van der Waals surface area contributed by atoms with E-state index in [2.05, 4.69) is 5.32 Å². The van der Waals surface area contributed by atoms with Crippen molar-refractivity contribution in [3.8, 4) is 11.1 Å². The zero-order chi connectivity index (χ0) is 17.5. The van der Waals surface area contributed by atoms with E-state index < -0.39 is 0 Å². The fourth-order valence-corrected chi connectivity index (χ4v) is 2.47. The molecule has 25 heavy (non-hydrogen) atoms. The van der Waals surface area contributed by atoms with Crippen LogP contribution in [0.25, 0.3) is 11.1 Å². The Balaban J connectivity index is 1.56. The van der Waals surface area contributed by atoms with Crippen LogP contribution in [-0.2, 0) is 6.54 Å². The van der Waals surface area contributed by atoms with Crippen LogP contribution in [0.15, 0.2) is 91.1 Å². The Labute approximate surface area is 146 Å². The molecule has 3 aromatic carbocycles. The predicted molar refractivity (Wildman–Crippen MR) is 98.6 cm³/mol. The van der Waals surface area contributed by atoms with Gasteiger partial charge in [-0.05, 0) is 28.8 Å². The maximum atomic E-state index is 12.8. The van der Waals surface area contributed by atoms with Crippen molar-refractivity contribution in [1.29, 1.82) is 0 Å². The summed E-state index contributed by atoms with van der Waals surface area (Å²) in [5, 5.41) is 3.04. The Kier molecular flexibility index (Phi) is 5.37. The van der Waals surface area contributed by atoms with Crippen LogP contribution in [0, 0.1) is 5.82 Å². The summed E-state index contributed by atoms with van der Waals surface area (Å²) in [4.78, 5) is 12.2. The second-order valence-electron chi connectivity index (χ2n) is 5.65. The predicted octanol–water partition coefficient (Wildman–Crippen LogP) is 4.98. The molecule has 0 atom stereocenters. The Morgan fingerprint density at radius 3 is 2.16 bits per heavy atom. The summed E-state index contributed by atoms with van der Waals surface area (Å²) in [6.07, 6.45) is 3.12. The van der Waals surface area contributed by atoms with Crippen LogP contribution >= 0.6 is 0 Å². The minimum atomic E-state index is -0.256. The molecule has 0 aromatic heterocycles. The zero-order valence-corrected chi connectivity index (χ0v) is 13.7. The zero-order valence-electron chi connectivity index (χ0n) is 13.7. The van der Waals surface area contributed by atoms with Gasteiger partial charge in [0, 0.05) is 24.4 Å². The molecule has 0 heterocycles. The second kappa shape index (κ2) is 8.06. The van der Waals surface area contributed by atoms with E-state index in [1.165, 1.54) is 18.2 Å². The van der Waals surface area contributed by atoms with Crippen molar-refractivity contribution >= 4 is 5.78 Å². The molecule has 3 heteroatoms. The normalized spacial score (nSPS) is 10.8. The summed E-state index contributed by atoms with van der Waals surface area (Å²) in [6, 6.07) is 23.8. The van der Waals surface area contributed by atoms with Gasteiger partial charge in [0.25, 0.3) is 0 Å². The molecule has 0 aliphatic rings. The summed E-state index contributed by atoms with van der Waals surface area (Å²) >= 11 is 0. The maximum absolute atomic E-state index is 12.8. The number of hydrogen-bond donors (Lipinski definition) is 1. The summed E-state index contributed by atoms with van der Waals surface area (Å²) in [7, 11) is 0. The first kappa shape index (κ1) is 16.7. The molecule has 0 saturated carbocycles. The minimum Gasteiger partial charge on any atom is -0.387 e. The SMILES string of the molecule is O=C(/C=C/NCc1ccc(F)cc1)c1ccc(-c2ccccc2)cc1. The van der Waals surface area contributed by atoms with Gasteiger partial charge >= 0.3 is 0 Å². The summed E-state index contributed by atoms with van der Waals surface area (Å²) in [6.45, 7) is 0.539. The molecule has 3 aromatic rings. The fraction of sp³-hybridized carbons (Fsp3) is 0.0455. The van der Waals surface area contributed by atoms with Crippen molar-refractivity contribution in [1.82, 2.24) is 5.32 Å². The van der Waals surface area contributed by atoms with Crippen molar-refractivity contribution in [2.75, 3.05) is 0 Å². The van der Waals surface area contributed by atoms with E-state index in [9.17, 15) is 9.18 Å². The van der Waals surface area contributed by atoms with Gasteiger partial charge in [0.15, 0.2) is 5.78 Å². The van der Waals surface area contributed by atoms with E-state index in [-0.39, 0.29) is 11.6 Å². The molecule has 0 unspecified atom stereocenters. The minimum absolute atomic E-state index is 0.0637. The number of carbonyl (C=O) groups excluding carboxylic acids is 1. The third-order valence-corrected chi connectivity index (χ3v) is 3.85. The van der Waals surface area contributed by atoms with E-state index in [0.29, 0.717) is 12.1 Å². The molecule has 124 valence electrons. The van der Waals surface area contributed by atoms with E-state index in [1.807, 2.05) is 54.6 Å². The first-order chi connectivity index (χ1) is 12.2. The van der Waals surface area contributed by atoms with Crippen molar-refractivity contribution < 1.29 is 9.18 Å². The lowest BCUT2D eigenvalue weighted by atomic mass is 10.0. The van der Waals surface area contributed by atoms with E-state index >= 15 is 0 Å². The molecule has 3 rings (SSSR count). The number of halogens is 1. The van der Waals surface area contributed by atoms with Crippen LogP contribution in [0.2, 0.25) is 0 Å². The molecular weight excluding hydrogens is 313 g/mol. The molecule has 0 radical (unpaired) electrons. The standard InChI is InChI=1S/C22H18FNO/c23-21-12-6-17(7-13-21)16-24-15-14-22(25)20-10-8-19(9-11-20)18-4-2-1-3-5-18/h1-15,24H,16H2/b15-14+. The summed E-state index contributed by atoms with van der Waals surface area (Å²) in [5.41, 5.74) is 3.79. The molecule has 0 spiro atoms. The van der Waals surface area contributed by atoms with E-state index in [0.717, 1.165) is 16.7 Å². The lowest BCUT2D eigenvalue weighted by molar-refractivity contribution is 0.104. The Morgan fingerprint density at radius 1 is 0.840 bits per heavy atom. The molecule has 0 amide bonds. The summed E-state index contributed by atoms with van der Waals surface area (Å²) in [5.74, 6) is -0.320. The van der Waals surface area contributed by atoms with Crippen molar-refractivity contribution in [3.63, 3.8) is 0 Å². The summed E-state index contributed by atoms with van der Waals surface area (Å²) < 4.78 is 12.8. The number of carbonyl (C=O) groups is 1. The van der Waals surface area contributed by atoms with Gasteiger partial charge in [0.05, 0.1) is 0 Å². The van der Waals surface area contributed by atoms with Crippen LogP contribution < -0.4 is 5.32 Å². The Hall–Kier alpha value is -3.20. The lowest BCUT2D eigenvalue weighted by Crippen LogP contribution is -2.06. The molecule has 0 aliphatic heterocycles. The second-order valence-corrected chi connectivity index (χ2v) is 5.65. The average Bonchev–Trinajstić information content (AvgIpc) is 2.67. The molecule has 0 bridgehead atoms. The highest BCUT2D eigenvalue weighted by Gasteiger charge is 2.02. The quantitative estimate of drug-likeness (QED) is 0.510. The highest BCUT2D eigenvalue weighted by atomic mass is 19.1. The van der Waals surface area contributed by atoms with Crippen LogP contribution in [0.3, 0.4) is 0 Å². The largest absolute Gasteiger partial charge is 0.387 e. The molecule has 0 aliphatic carbocycles. The monoisotopic (exact) mass is 331 g/mol. The molecule has 0 saturated heterocycles. The van der Waals surface area contributed by atoms with Gasteiger partial charge in [-0.3, -0.25) is 4.79 Å². The van der Waals surface area contributed by atoms with Crippen LogP contribution in [0.1, 0.15) is 15.9 Å². The topological polar surface area (TPSA) is 29.1 Å². The number of nitrogens with one attached hydrogen (secondary N) is 1. The van der Waals surface area contributed by atoms with Crippen LogP contribution in [0.4, 0.5) is 4.39 Å². The number of rotatable bonds is 6. The number of hydrogen-bond acceptors (Lipinski definition) is 2. The fourth-order valence-electron chi connectivity index (χ4n) is 2.47. The van der Waals surface area contributed by atoms with Gasteiger partial charge in [0.2, 0.25) is 0 Å². The highest BCUT2D eigenvalue weighted by molar-refractivity contribution is 6.04. The number of ketones is 1. The van der Waals surface area contributed by atoms with Crippen LogP contribution in [0.5, 0.6) is 0 Å². The third kappa shape index (κ3) is 4.64. The first-order valence-corrected chi connectivity index (χ1v) is 8.06. The van der Waals surface area contributed by atoms with Crippen LogP contribution in [-0.4, -0.2) is 5.78 Å². The lowest BCUT2D eigenvalue weighted by Gasteiger charge is -2.03. The number of benzene rings is 3. The Bertz CT molecular complexity index is 853. The van der Waals surface area contributed by atoms with Gasteiger partial charge < -0.3 is 5.32 Å². The Morgan fingerprint density at radius 2 is 1.48 bits per heavy atom. The van der Waals surface area contributed by atoms with Gasteiger partial charge in [-0.2, -0.15) is 0 Å². The van der Waals surface area contributed by atoms with Crippen molar-refractivity contribution in [3.05, 3.63) is 108 Å². The van der Waals surface area contributed by atoms with Crippen molar-refractivity contribution in [2.45, 2.75) is 6.54 Å². The van der Waals surface area contributed by atoms with Gasteiger partial charge in [0.1, 0.15) is 5.82 Å². The third-order valence-electron chi connectivity index (χ3n) is 3.85. The highest BCUT2D eigenvalue weighted by Crippen LogP contribution is 2.19. The molecule has 2 nitrogen and oxygen atoms in total. The van der Waals surface area contributed by atoms with Gasteiger partial charge in [-0.15, -0.1) is 0 Å². The smallest absolute Gasteiger partial charge is 0.187 e. The molecule has 0 fully saturated rings. The van der Waals surface area contributed by atoms with Crippen molar-refractivity contribution in [2.24, 2.45) is 0 Å². The van der Waals surface area contributed by atoms with Gasteiger partial charge in [-0.25, -0.2) is 4.39 Å². The van der Waals surface area contributed by atoms with E-state index in [4.69, 9.17) is 0 Å². The molecule has 1 N–H and O–H groups in total. The average molecular weight is 331 g/mol. The molecular formula is C22H18FNO.